The van der Waals surface area contributed by atoms with Gasteiger partial charge in [0.05, 0.1) is 0 Å². The molecule has 0 nitrogen and oxygen atoms in total. The molecule has 0 aromatic heterocycles. The van der Waals surface area contributed by atoms with Gasteiger partial charge in [-0.05, 0) is 0 Å². The van der Waals surface area contributed by atoms with Crippen molar-refractivity contribution in [2.75, 3.05) is 0 Å². The van der Waals surface area contributed by atoms with Crippen molar-refractivity contribution in [1.29, 1.82) is 0 Å². The SMILES string of the molecule is [Cl][Pd][Cl].[Rb]. The van der Waals surface area contributed by atoms with Crippen LogP contribution in [-0.4, -0.2) is 58.2 Å². The molecule has 0 saturated carbocycles. The molecular weight excluding hydrogens is 263 g/mol. The summed E-state index contributed by atoms with van der Waals surface area (Å²) in [6, 6.07) is 0. The van der Waals surface area contributed by atoms with Gasteiger partial charge in [-0.25, -0.2) is 0 Å². The van der Waals surface area contributed by atoms with Crippen LogP contribution in [0, 0.1) is 0 Å². The van der Waals surface area contributed by atoms with Crippen molar-refractivity contribution in [3.63, 3.8) is 0 Å². The van der Waals surface area contributed by atoms with Crippen molar-refractivity contribution in [1.82, 2.24) is 0 Å². The van der Waals surface area contributed by atoms with Gasteiger partial charge in [0.25, 0.3) is 0 Å². The molecule has 4 heteroatoms. The van der Waals surface area contributed by atoms with E-state index in [4.69, 9.17) is 19.1 Å². The molecule has 0 aliphatic rings. The third-order valence-corrected chi connectivity index (χ3v) is 0. The summed E-state index contributed by atoms with van der Waals surface area (Å²) in [5.41, 5.74) is 0. The number of halogens is 2. The van der Waals surface area contributed by atoms with Crippen LogP contribution in [0.4, 0.5) is 0 Å². The van der Waals surface area contributed by atoms with Gasteiger partial charge in [0.1, 0.15) is 0 Å². The first-order valence-electron chi connectivity index (χ1n) is 0.239. The average Bonchev–Trinajstić information content (AvgIpc) is 0.918. The largest absolute Gasteiger partial charge is 0 e. The van der Waals surface area contributed by atoms with E-state index >= 15 is 0 Å². The summed E-state index contributed by atoms with van der Waals surface area (Å²) in [5, 5.41) is 0. The smallest absolute Gasteiger partial charge is 0 e. The van der Waals surface area contributed by atoms with Gasteiger partial charge >= 0.3 is 35.0 Å². The van der Waals surface area contributed by atoms with E-state index in [0.29, 0.717) is 0 Å². The van der Waals surface area contributed by atoms with Gasteiger partial charge in [0.15, 0.2) is 0 Å². The molecule has 0 heterocycles. The molecule has 0 atom stereocenters. The predicted molar refractivity (Wildman–Crippen MR) is 17.5 cm³/mol. The second-order valence-corrected chi connectivity index (χ2v) is 2.41. The van der Waals surface area contributed by atoms with E-state index in [1.54, 1.807) is 0 Å². The van der Waals surface area contributed by atoms with E-state index in [1.807, 2.05) is 0 Å². The first-order chi connectivity index (χ1) is 1.41. The fourth-order valence-electron chi connectivity index (χ4n) is 0. The molecule has 0 bridgehead atoms. The zero-order valence-electron chi connectivity index (χ0n) is 2.07. The van der Waals surface area contributed by atoms with E-state index < -0.39 is 0 Å². The van der Waals surface area contributed by atoms with E-state index in [9.17, 15) is 0 Å². The standard InChI is InChI=1S/2ClH.Pd.Rb/h2*1H;;/q;;+2;/p-2. The summed E-state index contributed by atoms with van der Waals surface area (Å²) in [6.45, 7) is 0. The molecule has 0 aromatic carbocycles. The van der Waals surface area contributed by atoms with Crippen LogP contribution >= 0.6 is 19.1 Å². The van der Waals surface area contributed by atoms with Crippen molar-refractivity contribution in [2.24, 2.45) is 0 Å². The maximum Gasteiger partial charge on any atom is 0 e. The zero-order chi connectivity index (χ0) is 2.71. The molecule has 0 aliphatic heterocycles. The van der Waals surface area contributed by atoms with Crippen molar-refractivity contribution >= 4 is 77.2 Å². The second-order valence-electron chi connectivity index (χ2n) is 0.0452. The van der Waals surface area contributed by atoms with Crippen LogP contribution in [0.15, 0.2) is 0 Å². The maximum absolute atomic E-state index is 4.81. The molecule has 25 valence electrons. The molecule has 4 heavy (non-hydrogen) atoms. The molecule has 0 spiro atoms. The number of hydrogen-bond donors (Lipinski definition) is 0. The van der Waals surface area contributed by atoms with E-state index in [2.05, 4.69) is 0 Å². The van der Waals surface area contributed by atoms with Gasteiger partial charge < -0.3 is 0 Å². The molecular formula is Cl2PdRb. The number of hydrogen-bond acceptors (Lipinski definition) is 0. The van der Waals surface area contributed by atoms with Crippen LogP contribution in [-0.2, 0) is 15.9 Å². The van der Waals surface area contributed by atoms with E-state index in [0.717, 1.165) is 0 Å². The van der Waals surface area contributed by atoms with Crippen LogP contribution in [0.3, 0.4) is 0 Å². The van der Waals surface area contributed by atoms with Gasteiger partial charge in [0.2, 0.25) is 0 Å². The molecule has 0 N–H and O–H groups in total. The van der Waals surface area contributed by atoms with Crippen molar-refractivity contribution in [2.45, 2.75) is 0 Å². The Morgan fingerprint density at radius 1 is 1.25 bits per heavy atom. The Balaban J connectivity index is 0. The minimum atomic E-state index is -0.106. The minimum absolute atomic E-state index is 0. The van der Waals surface area contributed by atoms with Gasteiger partial charge in [0, 0.05) is 58.2 Å². The molecule has 0 aliphatic carbocycles. The number of rotatable bonds is 0. The third-order valence-electron chi connectivity index (χ3n) is 0. The van der Waals surface area contributed by atoms with E-state index in [1.165, 1.54) is 0 Å². The molecule has 0 fully saturated rings. The van der Waals surface area contributed by atoms with Gasteiger partial charge in [-0.1, -0.05) is 0 Å². The zero-order valence-corrected chi connectivity index (χ0v) is 10.1. The van der Waals surface area contributed by atoms with Crippen LogP contribution in [0.25, 0.3) is 0 Å². The average molecular weight is 263 g/mol. The molecule has 1 radical (unpaired) electrons. The van der Waals surface area contributed by atoms with Crippen LogP contribution < -0.4 is 0 Å². The summed E-state index contributed by atoms with van der Waals surface area (Å²) in [6.07, 6.45) is 0. The Labute approximate surface area is 90.5 Å². The minimum Gasteiger partial charge on any atom is 0 e. The van der Waals surface area contributed by atoms with Gasteiger partial charge in [-0.15, -0.1) is 0 Å². The molecule has 0 saturated heterocycles. The Hall–Kier alpha value is 3.05. The Kier molecular flexibility index (Phi) is 23.8. The first kappa shape index (κ1) is 10.1. The topological polar surface area (TPSA) is 0 Å². The summed E-state index contributed by atoms with van der Waals surface area (Å²) in [4.78, 5) is 0. The van der Waals surface area contributed by atoms with Crippen molar-refractivity contribution in [3.8, 4) is 0 Å². The summed E-state index contributed by atoms with van der Waals surface area (Å²) in [5.74, 6) is 0. The molecule has 0 amide bonds. The Bertz CT molecular complexity index is 6.00. The monoisotopic (exact) mass is 261 g/mol. The normalized spacial score (nSPS) is 5.50. The molecule has 0 unspecified atom stereocenters. The van der Waals surface area contributed by atoms with Crippen LogP contribution in [0.1, 0.15) is 0 Å². The maximum atomic E-state index is 4.81. The van der Waals surface area contributed by atoms with Gasteiger partial charge in [-0.3, -0.25) is 0 Å². The summed E-state index contributed by atoms with van der Waals surface area (Å²) >= 11 is -0.106. The second kappa shape index (κ2) is 9.40. The molecule has 0 aromatic rings. The quantitative estimate of drug-likeness (QED) is 0.572. The van der Waals surface area contributed by atoms with Crippen LogP contribution in [0.5, 0.6) is 0 Å². The Morgan fingerprint density at radius 3 is 1.25 bits per heavy atom. The third kappa shape index (κ3) is 8.90. The first-order valence-corrected chi connectivity index (χ1v) is 4.24. The Morgan fingerprint density at radius 2 is 1.25 bits per heavy atom. The van der Waals surface area contributed by atoms with Crippen LogP contribution in [0.2, 0.25) is 0 Å². The van der Waals surface area contributed by atoms with Gasteiger partial charge in [-0.2, -0.15) is 0 Å². The van der Waals surface area contributed by atoms with Crippen molar-refractivity contribution < 1.29 is 15.9 Å². The predicted octanol–water partition coefficient (Wildman–Crippen LogP) is 0.996. The van der Waals surface area contributed by atoms with E-state index in [-0.39, 0.29) is 74.1 Å². The summed E-state index contributed by atoms with van der Waals surface area (Å²) < 4.78 is 0. The fraction of sp³-hybridized carbons (Fsp3) is 0. The van der Waals surface area contributed by atoms with Crippen molar-refractivity contribution in [3.05, 3.63) is 0 Å². The molecule has 0 rings (SSSR count). The summed E-state index contributed by atoms with van der Waals surface area (Å²) in [7, 11) is 9.63. The fourth-order valence-corrected chi connectivity index (χ4v) is 0.